The molecule has 1 aliphatic rings. The highest BCUT2D eigenvalue weighted by Crippen LogP contribution is 2.27. The lowest BCUT2D eigenvalue weighted by Gasteiger charge is -2.18. The van der Waals surface area contributed by atoms with Crippen LogP contribution in [0.15, 0.2) is 41.3 Å². The molecule has 0 bridgehead atoms. The molecule has 1 heterocycles. The molecule has 144 valence electrons. The van der Waals surface area contributed by atoms with Gasteiger partial charge in [-0.25, -0.2) is 8.42 Å². The zero-order valence-corrected chi connectivity index (χ0v) is 16.6. The Kier molecular flexibility index (Phi) is 5.53. The lowest BCUT2D eigenvalue weighted by molar-refractivity contribution is 0.102. The zero-order chi connectivity index (χ0) is 19.6. The molecule has 0 unspecified atom stereocenters. The fourth-order valence-electron chi connectivity index (χ4n) is 3.20. The van der Waals surface area contributed by atoms with E-state index in [1.54, 1.807) is 25.1 Å². The zero-order valence-electron chi connectivity index (χ0n) is 15.8. The summed E-state index contributed by atoms with van der Waals surface area (Å²) in [6.07, 6.45) is 1.73. The van der Waals surface area contributed by atoms with Crippen molar-refractivity contribution in [1.82, 2.24) is 4.31 Å². The van der Waals surface area contributed by atoms with Crippen LogP contribution in [0.2, 0.25) is 0 Å². The summed E-state index contributed by atoms with van der Waals surface area (Å²) in [7, 11) is -2.05. The van der Waals surface area contributed by atoms with Gasteiger partial charge in [-0.15, -0.1) is 0 Å². The lowest BCUT2D eigenvalue weighted by Crippen LogP contribution is -2.28. The normalized spacial score (nSPS) is 14.9. The largest absolute Gasteiger partial charge is 0.495 e. The smallest absolute Gasteiger partial charge is 0.255 e. The van der Waals surface area contributed by atoms with E-state index in [4.69, 9.17) is 4.74 Å². The highest BCUT2D eigenvalue weighted by atomic mass is 32.2. The van der Waals surface area contributed by atoms with Crippen molar-refractivity contribution in [3.05, 3.63) is 53.1 Å². The van der Waals surface area contributed by atoms with Crippen LogP contribution in [-0.4, -0.2) is 38.8 Å². The van der Waals surface area contributed by atoms with Crippen molar-refractivity contribution in [2.45, 2.75) is 31.6 Å². The van der Waals surface area contributed by atoms with Gasteiger partial charge in [-0.3, -0.25) is 4.79 Å². The van der Waals surface area contributed by atoms with E-state index in [2.05, 4.69) is 5.32 Å². The monoisotopic (exact) mass is 388 g/mol. The predicted octanol–water partition coefficient (Wildman–Crippen LogP) is 3.35. The molecule has 2 aromatic rings. The summed E-state index contributed by atoms with van der Waals surface area (Å²) in [6, 6.07) is 10.2. The number of nitrogens with one attached hydrogen (secondary N) is 1. The van der Waals surface area contributed by atoms with Crippen LogP contribution in [0.3, 0.4) is 0 Å². The predicted molar refractivity (Wildman–Crippen MR) is 105 cm³/mol. The molecule has 1 aliphatic heterocycles. The minimum absolute atomic E-state index is 0.188. The molecule has 0 saturated carbocycles. The second kappa shape index (κ2) is 7.70. The molecule has 0 spiro atoms. The highest BCUT2D eigenvalue weighted by Gasteiger charge is 2.29. The molecule has 6 nitrogen and oxygen atoms in total. The first-order valence-corrected chi connectivity index (χ1v) is 10.3. The molecular formula is C20H24N2O4S. The van der Waals surface area contributed by atoms with Gasteiger partial charge in [0.2, 0.25) is 10.0 Å². The number of carbonyl (C=O) groups excluding carboxylic acids is 1. The molecular weight excluding hydrogens is 364 g/mol. The summed E-state index contributed by atoms with van der Waals surface area (Å²) >= 11 is 0. The number of carbonyl (C=O) groups is 1. The fourth-order valence-corrected chi connectivity index (χ4v) is 4.97. The third kappa shape index (κ3) is 3.99. The lowest BCUT2D eigenvalue weighted by atomic mass is 10.1. The van der Waals surface area contributed by atoms with Gasteiger partial charge >= 0.3 is 0 Å². The third-order valence-electron chi connectivity index (χ3n) is 4.74. The van der Waals surface area contributed by atoms with E-state index >= 15 is 0 Å². The summed E-state index contributed by atoms with van der Waals surface area (Å²) in [4.78, 5) is 12.9. The Labute approximate surface area is 160 Å². The summed E-state index contributed by atoms with van der Waals surface area (Å²) in [5.41, 5.74) is 2.45. The molecule has 1 amide bonds. The number of methoxy groups -OCH3 is 1. The maximum atomic E-state index is 12.9. The maximum absolute atomic E-state index is 12.9. The number of amides is 1. The Morgan fingerprint density at radius 2 is 1.78 bits per heavy atom. The van der Waals surface area contributed by atoms with E-state index in [1.807, 2.05) is 19.1 Å². The molecule has 0 aliphatic carbocycles. The van der Waals surface area contributed by atoms with Gasteiger partial charge < -0.3 is 10.1 Å². The number of hydrogen-bond acceptors (Lipinski definition) is 4. The van der Waals surface area contributed by atoms with E-state index in [1.165, 1.54) is 17.5 Å². The van der Waals surface area contributed by atoms with E-state index in [9.17, 15) is 13.2 Å². The quantitative estimate of drug-likeness (QED) is 0.852. The van der Waals surface area contributed by atoms with E-state index in [0.717, 1.165) is 18.4 Å². The van der Waals surface area contributed by atoms with Crippen LogP contribution >= 0.6 is 0 Å². The Hall–Kier alpha value is -2.38. The van der Waals surface area contributed by atoms with Gasteiger partial charge in [0.1, 0.15) is 5.75 Å². The molecule has 2 aromatic carbocycles. The molecule has 0 atom stereocenters. The number of sulfonamides is 1. The van der Waals surface area contributed by atoms with Crippen molar-refractivity contribution >= 4 is 21.6 Å². The standard InChI is InChI=1S/C20H24N2O4S/c1-14-6-9-18(26-3)17(12-14)21-20(23)16-8-7-15(2)19(13-16)27(24,25)22-10-4-5-11-22/h6-9,12-13H,4-5,10-11H2,1-3H3,(H,21,23). The van der Waals surface area contributed by atoms with Crippen LogP contribution in [0.1, 0.15) is 34.3 Å². The van der Waals surface area contributed by atoms with Crippen molar-refractivity contribution < 1.29 is 17.9 Å². The Balaban J connectivity index is 1.92. The molecule has 0 aromatic heterocycles. The molecule has 1 saturated heterocycles. The van der Waals surface area contributed by atoms with Crippen LogP contribution in [0, 0.1) is 13.8 Å². The van der Waals surface area contributed by atoms with Gasteiger partial charge in [0.25, 0.3) is 5.91 Å². The van der Waals surface area contributed by atoms with E-state index < -0.39 is 10.0 Å². The number of anilines is 1. The first-order valence-electron chi connectivity index (χ1n) is 8.90. The number of ether oxygens (including phenoxy) is 1. The van der Waals surface area contributed by atoms with Crippen LogP contribution in [0.4, 0.5) is 5.69 Å². The van der Waals surface area contributed by atoms with Gasteiger partial charge in [0.15, 0.2) is 0 Å². The molecule has 3 rings (SSSR count). The van der Waals surface area contributed by atoms with Crippen molar-refractivity contribution in [2.75, 3.05) is 25.5 Å². The molecule has 1 N–H and O–H groups in total. The summed E-state index contributed by atoms with van der Waals surface area (Å²) in [6.45, 7) is 4.72. The SMILES string of the molecule is COc1ccc(C)cc1NC(=O)c1ccc(C)c(S(=O)(=O)N2CCCC2)c1. The van der Waals surface area contributed by atoms with Gasteiger partial charge in [-0.05, 0) is 62.1 Å². The number of hydrogen-bond donors (Lipinski definition) is 1. The number of aryl methyl sites for hydroxylation is 2. The highest BCUT2D eigenvalue weighted by molar-refractivity contribution is 7.89. The number of rotatable bonds is 5. The minimum atomic E-state index is -3.59. The second-order valence-corrected chi connectivity index (χ2v) is 8.66. The average Bonchev–Trinajstić information content (AvgIpc) is 3.17. The van der Waals surface area contributed by atoms with Gasteiger partial charge in [0, 0.05) is 18.7 Å². The van der Waals surface area contributed by atoms with Crippen molar-refractivity contribution in [1.29, 1.82) is 0 Å². The Morgan fingerprint density at radius 1 is 1.07 bits per heavy atom. The molecule has 7 heteroatoms. The second-order valence-electron chi connectivity index (χ2n) is 6.75. The minimum Gasteiger partial charge on any atom is -0.495 e. The third-order valence-corrected chi connectivity index (χ3v) is 6.78. The van der Waals surface area contributed by atoms with Crippen LogP contribution in [-0.2, 0) is 10.0 Å². The first-order chi connectivity index (χ1) is 12.8. The number of benzene rings is 2. The van der Waals surface area contributed by atoms with Crippen LogP contribution < -0.4 is 10.1 Å². The average molecular weight is 388 g/mol. The van der Waals surface area contributed by atoms with Crippen molar-refractivity contribution in [2.24, 2.45) is 0 Å². The van der Waals surface area contributed by atoms with Gasteiger partial charge in [0.05, 0.1) is 17.7 Å². The van der Waals surface area contributed by atoms with Gasteiger partial charge in [-0.2, -0.15) is 4.31 Å². The maximum Gasteiger partial charge on any atom is 0.255 e. The molecule has 1 fully saturated rings. The van der Waals surface area contributed by atoms with Crippen molar-refractivity contribution in [3.63, 3.8) is 0 Å². The van der Waals surface area contributed by atoms with E-state index in [0.29, 0.717) is 35.7 Å². The molecule has 0 radical (unpaired) electrons. The Morgan fingerprint density at radius 3 is 2.44 bits per heavy atom. The topological polar surface area (TPSA) is 75.7 Å². The van der Waals surface area contributed by atoms with E-state index in [-0.39, 0.29) is 10.8 Å². The van der Waals surface area contributed by atoms with Crippen LogP contribution in [0.25, 0.3) is 0 Å². The molecule has 27 heavy (non-hydrogen) atoms. The Bertz CT molecular complexity index is 964. The van der Waals surface area contributed by atoms with Crippen LogP contribution in [0.5, 0.6) is 5.75 Å². The van der Waals surface area contributed by atoms with Gasteiger partial charge in [-0.1, -0.05) is 12.1 Å². The fraction of sp³-hybridized carbons (Fsp3) is 0.350. The summed E-state index contributed by atoms with van der Waals surface area (Å²) < 4.78 is 32.6. The summed E-state index contributed by atoms with van der Waals surface area (Å²) in [5.74, 6) is 0.169. The summed E-state index contributed by atoms with van der Waals surface area (Å²) in [5, 5.41) is 2.81. The number of nitrogens with zero attached hydrogens (tertiary/aromatic N) is 1. The van der Waals surface area contributed by atoms with Crippen molar-refractivity contribution in [3.8, 4) is 5.75 Å². The first kappa shape index (κ1) is 19.4.